The van der Waals surface area contributed by atoms with Gasteiger partial charge in [-0.25, -0.2) is 9.97 Å². The predicted octanol–water partition coefficient (Wildman–Crippen LogP) is 5.99. The fourth-order valence-corrected chi connectivity index (χ4v) is 5.65. The minimum absolute atomic E-state index is 0.0181. The second kappa shape index (κ2) is 9.09. The molecule has 0 radical (unpaired) electrons. The molecule has 0 saturated heterocycles. The largest absolute Gasteiger partial charge is 0.293 e. The molecule has 0 atom stereocenters. The van der Waals surface area contributed by atoms with E-state index < -0.39 is 0 Å². The van der Waals surface area contributed by atoms with E-state index in [1.54, 1.807) is 16.8 Å². The van der Waals surface area contributed by atoms with E-state index in [9.17, 15) is 9.59 Å². The van der Waals surface area contributed by atoms with Gasteiger partial charge in [0.25, 0.3) is 5.56 Å². The van der Waals surface area contributed by atoms with E-state index in [1.807, 2.05) is 61.5 Å². The zero-order chi connectivity index (χ0) is 22.9. The minimum atomic E-state index is -0.159. The molecule has 164 valence electrons. The van der Waals surface area contributed by atoms with E-state index in [4.69, 9.17) is 16.6 Å². The number of hydrogen-bond acceptors (Lipinski definition) is 6. The average Bonchev–Trinajstić information content (AvgIpc) is 3.20. The van der Waals surface area contributed by atoms with Crippen molar-refractivity contribution in [2.75, 3.05) is 5.75 Å². The molecular formula is C25H18ClN3O2S2. The molecule has 3 aromatic heterocycles. The molecule has 5 nitrogen and oxygen atoms in total. The Morgan fingerprint density at radius 2 is 1.88 bits per heavy atom. The number of aromatic nitrogens is 3. The number of nitrogens with zero attached hydrogens (tertiary/aromatic N) is 3. The zero-order valence-corrected chi connectivity index (χ0v) is 20.0. The Hall–Kier alpha value is -3.00. The van der Waals surface area contributed by atoms with Gasteiger partial charge in [-0.3, -0.25) is 14.2 Å². The molecule has 5 aromatic rings. The summed E-state index contributed by atoms with van der Waals surface area (Å²) in [6.45, 7) is 2.25. The van der Waals surface area contributed by atoms with Crippen molar-refractivity contribution in [3.63, 3.8) is 0 Å². The van der Waals surface area contributed by atoms with Gasteiger partial charge in [-0.15, -0.1) is 11.3 Å². The van der Waals surface area contributed by atoms with Crippen LogP contribution in [0.3, 0.4) is 0 Å². The summed E-state index contributed by atoms with van der Waals surface area (Å²) >= 11 is 8.97. The number of thiophene rings is 1. The zero-order valence-electron chi connectivity index (χ0n) is 17.6. The van der Waals surface area contributed by atoms with E-state index >= 15 is 0 Å². The van der Waals surface area contributed by atoms with Gasteiger partial charge < -0.3 is 0 Å². The minimum Gasteiger partial charge on any atom is -0.293 e. The van der Waals surface area contributed by atoms with Crippen molar-refractivity contribution in [1.29, 1.82) is 0 Å². The first kappa shape index (κ1) is 21.8. The van der Waals surface area contributed by atoms with E-state index in [1.165, 1.54) is 23.1 Å². The van der Waals surface area contributed by atoms with Gasteiger partial charge in [0.05, 0.1) is 17.8 Å². The van der Waals surface area contributed by atoms with Gasteiger partial charge >= 0.3 is 0 Å². The second-order valence-corrected chi connectivity index (χ2v) is 9.94. The van der Waals surface area contributed by atoms with Crippen LogP contribution in [-0.2, 0) is 6.54 Å². The molecule has 8 heteroatoms. The molecule has 0 aliphatic rings. The number of rotatable bonds is 6. The van der Waals surface area contributed by atoms with Gasteiger partial charge in [0.2, 0.25) is 0 Å². The number of ketones is 1. The third-order valence-corrected chi connectivity index (χ3v) is 7.75. The van der Waals surface area contributed by atoms with Gasteiger partial charge in [0.1, 0.15) is 9.53 Å². The maximum absolute atomic E-state index is 13.6. The lowest BCUT2D eigenvalue weighted by molar-refractivity contribution is 0.102. The molecule has 0 amide bonds. The fraction of sp³-hybridized carbons (Fsp3) is 0.120. The van der Waals surface area contributed by atoms with E-state index in [2.05, 4.69) is 4.98 Å². The molecule has 5 rings (SSSR count). The number of carbonyl (C=O) groups is 1. The van der Waals surface area contributed by atoms with Crippen LogP contribution in [0.5, 0.6) is 0 Å². The van der Waals surface area contributed by atoms with E-state index in [-0.39, 0.29) is 23.6 Å². The van der Waals surface area contributed by atoms with Crippen molar-refractivity contribution in [3.05, 3.63) is 98.9 Å². The summed E-state index contributed by atoms with van der Waals surface area (Å²) in [7, 11) is 0. The molecule has 0 saturated carbocycles. The van der Waals surface area contributed by atoms with Crippen molar-refractivity contribution in [3.8, 4) is 0 Å². The predicted molar refractivity (Wildman–Crippen MR) is 136 cm³/mol. The first-order valence-corrected chi connectivity index (χ1v) is 12.4. The topological polar surface area (TPSA) is 64.8 Å². The molecule has 0 aliphatic carbocycles. The number of fused-ring (bicyclic) bond motifs is 3. The highest BCUT2D eigenvalue weighted by molar-refractivity contribution is 7.99. The van der Waals surface area contributed by atoms with Crippen molar-refractivity contribution in [1.82, 2.24) is 14.5 Å². The lowest BCUT2D eigenvalue weighted by Crippen LogP contribution is -2.23. The number of pyridine rings is 1. The summed E-state index contributed by atoms with van der Waals surface area (Å²) in [6, 6.07) is 18.6. The number of Topliss-reactive ketones (excluding diaryl/α,β-unsaturated/α-hetero) is 1. The number of thioether (sulfide) groups is 1. The normalized spacial score (nSPS) is 11.3. The number of carbonyl (C=O) groups excluding carboxylic acids is 1. The molecule has 0 aliphatic heterocycles. The van der Waals surface area contributed by atoms with Crippen molar-refractivity contribution in [2.24, 2.45) is 0 Å². The Balaban J connectivity index is 1.59. The Bertz CT molecular complexity index is 1560. The Kier molecular flexibility index (Phi) is 6.01. The molecule has 0 fully saturated rings. The van der Waals surface area contributed by atoms with Gasteiger partial charge in [-0.05, 0) is 30.7 Å². The summed E-state index contributed by atoms with van der Waals surface area (Å²) in [5.41, 5.74) is 3.01. The van der Waals surface area contributed by atoms with E-state index in [0.29, 0.717) is 26.0 Å². The summed E-state index contributed by atoms with van der Waals surface area (Å²) < 4.78 is 2.15. The quantitative estimate of drug-likeness (QED) is 0.166. The summed E-state index contributed by atoms with van der Waals surface area (Å²) in [5.74, 6) is 0.152. The number of benzene rings is 2. The molecule has 0 spiro atoms. The highest BCUT2D eigenvalue weighted by atomic mass is 35.5. The maximum atomic E-state index is 13.6. The molecule has 2 aromatic carbocycles. The van der Waals surface area contributed by atoms with Crippen LogP contribution in [0.1, 0.15) is 21.5 Å². The van der Waals surface area contributed by atoms with Crippen LogP contribution in [0.4, 0.5) is 0 Å². The average molecular weight is 492 g/mol. The van der Waals surface area contributed by atoms with Gasteiger partial charge in [-0.2, -0.15) is 0 Å². The number of hydrogen-bond donors (Lipinski definition) is 0. The first-order chi connectivity index (χ1) is 16.0. The lowest BCUT2D eigenvalue weighted by Gasteiger charge is -2.13. The smallest absolute Gasteiger partial charge is 0.272 e. The van der Waals surface area contributed by atoms with Gasteiger partial charge in [-0.1, -0.05) is 71.4 Å². The summed E-state index contributed by atoms with van der Waals surface area (Å²) in [6.07, 6.45) is 1.70. The molecule has 0 N–H and O–H groups in total. The SMILES string of the molecule is Cc1ccc(C(=O)CSc2nc3c(sc4ncccc43)c(=O)n2Cc2ccccc2Cl)cc1. The second-order valence-electron chi connectivity index (χ2n) is 7.59. The Morgan fingerprint density at radius 1 is 1.09 bits per heavy atom. The molecule has 0 unspecified atom stereocenters. The highest BCUT2D eigenvalue weighted by Crippen LogP contribution is 2.31. The summed E-state index contributed by atoms with van der Waals surface area (Å²) in [4.78, 5) is 36.3. The number of halogens is 1. The van der Waals surface area contributed by atoms with Crippen LogP contribution in [0.25, 0.3) is 20.4 Å². The molecule has 33 heavy (non-hydrogen) atoms. The summed E-state index contributed by atoms with van der Waals surface area (Å²) in [5, 5.41) is 1.90. The molecule has 0 bridgehead atoms. The van der Waals surface area contributed by atoms with Crippen molar-refractivity contribution in [2.45, 2.75) is 18.6 Å². The Morgan fingerprint density at radius 3 is 2.67 bits per heavy atom. The standard InChI is InChI=1S/C25H18ClN3O2S2/c1-15-8-10-16(11-9-15)20(30)14-32-25-28-21-18-6-4-12-27-23(18)33-22(21)24(31)29(25)13-17-5-2-3-7-19(17)26/h2-12H,13-14H2,1H3. The van der Waals surface area contributed by atoms with Crippen LogP contribution in [-0.4, -0.2) is 26.1 Å². The van der Waals surface area contributed by atoms with Crippen LogP contribution in [0, 0.1) is 6.92 Å². The monoisotopic (exact) mass is 491 g/mol. The van der Waals surface area contributed by atoms with Crippen LogP contribution in [0.15, 0.2) is 76.8 Å². The maximum Gasteiger partial charge on any atom is 0.272 e. The fourth-order valence-electron chi connectivity index (χ4n) is 3.54. The Labute approximate surface area is 203 Å². The third-order valence-electron chi connectivity index (χ3n) is 5.31. The van der Waals surface area contributed by atoms with Crippen LogP contribution in [0.2, 0.25) is 5.02 Å². The van der Waals surface area contributed by atoms with E-state index in [0.717, 1.165) is 21.3 Å². The van der Waals surface area contributed by atoms with Crippen molar-refractivity contribution >= 4 is 60.9 Å². The molecular weight excluding hydrogens is 474 g/mol. The highest BCUT2D eigenvalue weighted by Gasteiger charge is 2.19. The van der Waals surface area contributed by atoms with Crippen LogP contribution < -0.4 is 5.56 Å². The van der Waals surface area contributed by atoms with Crippen LogP contribution >= 0.6 is 34.7 Å². The van der Waals surface area contributed by atoms with Gasteiger partial charge in [0, 0.05) is 22.2 Å². The third kappa shape index (κ3) is 4.31. The van der Waals surface area contributed by atoms with Crippen molar-refractivity contribution < 1.29 is 4.79 Å². The molecule has 3 heterocycles. The lowest BCUT2D eigenvalue weighted by atomic mass is 10.1. The van der Waals surface area contributed by atoms with Gasteiger partial charge in [0.15, 0.2) is 10.9 Å². The first-order valence-electron chi connectivity index (χ1n) is 10.3. The number of aryl methyl sites for hydroxylation is 1.